The molecule has 6 rings (SSSR count). The highest BCUT2D eigenvalue weighted by molar-refractivity contribution is 5.88. The number of likely N-dealkylation sites (tertiary alicyclic amines) is 1. The summed E-state index contributed by atoms with van der Waals surface area (Å²) in [5.74, 6) is -0.716. The fraction of sp³-hybridized carbons (Fsp3) is 0.485. The SMILES string of the molecule is COc1ccc2c3c1O[C@H]1C(OC(=O)C(C)OC(=O)[C@H](C)NC(=O)[C@@H](N)Cc4ccccc4)=CC[C@@]4(O)[C@@H](C2)N(C)CC[C@]314. The van der Waals surface area contributed by atoms with E-state index in [1.807, 2.05) is 49.5 Å². The van der Waals surface area contributed by atoms with Crippen LogP contribution in [0.2, 0.25) is 0 Å². The van der Waals surface area contributed by atoms with E-state index in [2.05, 4.69) is 10.2 Å². The van der Waals surface area contributed by atoms with Crippen molar-refractivity contribution in [1.82, 2.24) is 10.2 Å². The fourth-order valence-corrected chi connectivity index (χ4v) is 7.45. The summed E-state index contributed by atoms with van der Waals surface area (Å²) in [7, 11) is 3.59. The Kier molecular flexibility index (Phi) is 7.67. The first-order valence-electron chi connectivity index (χ1n) is 15.0. The molecule has 1 saturated heterocycles. The van der Waals surface area contributed by atoms with Crippen molar-refractivity contribution in [2.24, 2.45) is 5.73 Å². The Balaban J connectivity index is 1.14. The largest absolute Gasteiger partial charge is 0.493 e. The zero-order chi connectivity index (χ0) is 31.4. The van der Waals surface area contributed by atoms with Gasteiger partial charge < -0.3 is 40.0 Å². The number of esters is 2. The first kappa shape index (κ1) is 30.1. The van der Waals surface area contributed by atoms with Crippen molar-refractivity contribution in [2.75, 3.05) is 20.7 Å². The van der Waals surface area contributed by atoms with Gasteiger partial charge in [0.05, 0.1) is 24.2 Å². The van der Waals surface area contributed by atoms with Crippen LogP contribution < -0.4 is 20.5 Å². The Morgan fingerprint density at radius 3 is 2.64 bits per heavy atom. The standard InChI is InChI=1S/C33H39N3O8/c1-18(35-29(37)22(34)16-20-8-6-5-7-9-20)30(38)42-19(2)31(39)43-24-12-13-33(40)25-17-21-10-11-23(41-4)27-26(21)32(33,28(24)44-27)14-15-36(25)3/h5-12,18-19,22,25,28,40H,13-17,34H2,1-4H3,(H,35,37)/t18-,19?,22-,25+,28-,32-,33+/m0/s1. The number of carbonyl (C=O) groups is 3. The summed E-state index contributed by atoms with van der Waals surface area (Å²) >= 11 is 0. The minimum atomic E-state index is -1.27. The van der Waals surface area contributed by atoms with Crippen molar-refractivity contribution in [3.05, 3.63) is 71.0 Å². The van der Waals surface area contributed by atoms with E-state index in [0.29, 0.717) is 30.8 Å². The molecule has 0 saturated carbocycles. The van der Waals surface area contributed by atoms with Gasteiger partial charge >= 0.3 is 11.9 Å². The molecule has 44 heavy (non-hydrogen) atoms. The molecule has 4 N–H and O–H groups in total. The predicted molar refractivity (Wildman–Crippen MR) is 159 cm³/mol. The van der Waals surface area contributed by atoms with Crippen LogP contribution in [0.25, 0.3) is 0 Å². The van der Waals surface area contributed by atoms with Gasteiger partial charge in [0.2, 0.25) is 5.91 Å². The van der Waals surface area contributed by atoms with Gasteiger partial charge in [0.15, 0.2) is 23.7 Å². The molecule has 11 heteroatoms. The second kappa shape index (κ2) is 11.2. The number of hydrogen-bond donors (Lipinski definition) is 3. The molecule has 0 radical (unpaired) electrons. The molecule has 7 atom stereocenters. The quantitative estimate of drug-likeness (QED) is 0.359. The number of methoxy groups -OCH3 is 1. The Labute approximate surface area is 256 Å². The summed E-state index contributed by atoms with van der Waals surface area (Å²) < 4.78 is 23.4. The molecule has 2 aliphatic carbocycles. The third-order valence-electron chi connectivity index (χ3n) is 9.75. The summed E-state index contributed by atoms with van der Waals surface area (Å²) in [5.41, 5.74) is 6.96. The van der Waals surface area contributed by atoms with Crippen LogP contribution in [-0.4, -0.2) is 84.5 Å². The van der Waals surface area contributed by atoms with Crippen LogP contribution in [0.4, 0.5) is 0 Å². The first-order chi connectivity index (χ1) is 21.0. The molecule has 1 fully saturated rings. The minimum Gasteiger partial charge on any atom is -0.493 e. The highest BCUT2D eigenvalue weighted by Gasteiger charge is 2.72. The van der Waals surface area contributed by atoms with E-state index in [4.69, 9.17) is 24.7 Å². The van der Waals surface area contributed by atoms with Gasteiger partial charge in [0.25, 0.3) is 0 Å². The molecular formula is C33H39N3O8. The number of likely N-dealkylation sites (N-methyl/N-ethyl adjacent to an activating group) is 1. The number of nitrogens with zero attached hydrogens (tertiary/aromatic N) is 1. The molecule has 1 amide bonds. The Morgan fingerprint density at radius 1 is 1.16 bits per heavy atom. The summed E-state index contributed by atoms with van der Waals surface area (Å²) in [5, 5.41) is 14.9. The van der Waals surface area contributed by atoms with Gasteiger partial charge in [0.1, 0.15) is 11.8 Å². The first-order valence-corrected chi connectivity index (χ1v) is 15.0. The Hall–Kier alpha value is -3.93. The average Bonchev–Trinajstić information content (AvgIpc) is 3.36. The molecule has 4 aliphatic rings. The maximum Gasteiger partial charge on any atom is 0.352 e. The number of nitrogens with one attached hydrogen (secondary N) is 1. The van der Waals surface area contributed by atoms with E-state index in [-0.39, 0.29) is 18.2 Å². The third-order valence-corrected chi connectivity index (χ3v) is 9.75. The van der Waals surface area contributed by atoms with E-state index < -0.39 is 53.2 Å². The van der Waals surface area contributed by atoms with Crippen LogP contribution in [0.5, 0.6) is 11.5 Å². The van der Waals surface area contributed by atoms with Gasteiger partial charge in [-0.25, -0.2) is 9.59 Å². The number of nitrogens with two attached hydrogens (primary N) is 1. The van der Waals surface area contributed by atoms with Crippen LogP contribution in [0, 0.1) is 0 Å². The zero-order valence-electron chi connectivity index (χ0n) is 25.4. The topological polar surface area (TPSA) is 150 Å². The summed E-state index contributed by atoms with van der Waals surface area (Å²) in [6.45, 7) is 3.60. The van der Waals surface area contributed by atoms with E-state index in [1.54, 1.807) is 13.2 Å². The number of hydrogen-bond acceptors (Lipinski definition) is 10. The van der Waals surface area contributed by atoms with Crippen LogP contribution in [0.1, 0.15) is 43.4 Å². The maximum absolute atomic E-state index is 13.3. The smallest absolute Gasteiger partial charge is 0.352 e. The van der Waals surface area contributed by atoms with Crippen LogP contribution in [-0.2, 0) is 42.1 Å². The lowest BCUT2D eigenvalue weighted by Crippen LogP contribution is -2.74. The van der Waals surface area contributed by atoms with E-state index >= 15 is 0 Å². The molecule has 1 spiro atoms. The van der Waals surface area contributed by atoms with Crippen LogP contribution >= 0.6 is 0 Å². The van der Waals surface area contributed by atoms with Gasteiger partial charge in [-0.1, -0.05) is 36.4 Å². The summed E-state index contributed by atoms with van der Waals surface area (Å²) in [6, 6.07) is 11.2. The van der Waals surface area contributed by atoms with Gasteiger partial charge in [0, 0.05) is 18.0 Å². The molecule has 0 aromatic heterocycles. The monoisotopic (exact) mass is 605 g/mol. The number of amides is 1. The molecule has 2 aromatic carbocycles. The second-order valence-corrected chi connectivity index (χ2v) is 12.3. The average molecular weight is 606 g/mol. The normalized spacial score (nSPS) is 28.4. The number of carbonyl (C=O) groups excluding carboxylic acids is 3. The molecule has 2 bridgehead atoms. The van der Waals surface area contributed by atoms with Crippen molar-refractivity contribution in [2.45, 2.75) is 80.9 Å². The van der Waals surface area contributed by atoms with Crippen LogP contribution in [0.3, 0.4) is 0 Å². The van der Waals surface area contributed by atoms with Crippen LogP contribution in [0.15, 0.2) is 54.3 Å². The molecule has 2 aromatic rings. The van der Waals surface area contributed by atoms with E-state index in [1.165, 1.54) is 13.8 Å². The summed E-state index contributed by atoms with van der Waals surface area (Å²) in [6.07, 6.45) is 1.50. The molecule has 2 heterocycles. The summed E-state index contributed by atoms with van der Waals surface area (Å²) in [4.78, 5) is 40.8. The highest BCUT2D eigenvalue weighted by atomic mass is 16.6. The van der Waals surface area contributed by atoms with E-state index in [9.17, 15) is 19.5 Å². The van der Waals surface area contributed by atoms with Crippen molar-refractivity contribution in [3.8, 4) is 11.5 Å². The predicted octanol–water partition coefficient (Wildman–Crippen LogP) is 1.52. The van der Waals surface area contributed by atoms with Crippen molar-refractivity contribution in [1.29, 1.82) is 0 Å². The van der Waals surface area contributed by atoms with Gasteiger partial charge in [-0.15, -0.1) is 0 Å². The second-order valence-electron chi connectivity index (χ2n) is 12.3. The number of piperidine rings is 1. The van der Waals surface area contributed by atoms with Crippen molar-refractivity contribution in [3.63, 3.8) is 0 Å². The van der Waals surface area contributed by atoms with Crippen molar-refractivity contribution >= 4 is 17.8 Å². The zero-order valence-corrected chi connectivity index (χ0v) is 25.4. The number of ether oxygens (including phenoxy) is 4. The molecule has 11 nitrogen and oxygen atoms in total. The molecule has 1 unspecified atom stereocenters. The molecular weight excluding hydrogens is 566 g/mol. The van der Waals surface area contributed by atoms with Crippen molar-refractivity contribution < 1.29 is 38.4 Å². The lowest BCUT2D eigenvalue weighted by Gasteiger charge is -2.61. The van der Waals surface area contributed by atoms with Gasteiger partial charge in [-0.3, -0.25) is 4.79 Å². The number of rotatable bonds is 9. The lowest BCUT2D eigenvalue weighted by molar-refractivity contribution is -0.176. The number of aliphatic hydroxyl groups is 1. The highest BCUT2D eigenvalue weighted by Crippen LogP contribution is 2.65. The molecule has 2 aliphatic heterocycles. The third kappa shape index (κ3) is 4.65. The minimum absolute atomic E-state index is 0.139. The van der Waals surface area contributed by atoms with Gasteiger partial charge in [-0.05, 0) is 70.0 Å². The Bertz CT molecular complexity index is 1510. The Morgan fingerprint density at radius 2 is 1.91 bits per heavy atom. The number of benzene rings is 2. The lowest BCUT2D eigenvalue weighted by atomic mass is 9.50. The maximum atomic E-state index is 13.3. The fourth-order valence-electron chi connectivity index (χ4n) is 7.45. The molecule has 234 valence electrons. The van der Waals surface area contributed by atoms with E-state index in [0.717, 1.165) is 23.2 Å². The van der Waals surface area contributed by atoms with Gasteiger partial charge in [-0.2, -0.15) is 0 Å².